The fourth-order valence-corrected chi connectivity index (χ4v) is 1.88. The van der Waals surface area contributed by atoms with Gasteiger partial charge in [0.15, 0.2) is 0 Å². The first-order valence-electron chi connectivity index (χ1n) is 4.70. The minimum Gasteiger partial charge on any atom is -0.378 e. The molecule has 2 rings (SSSR count). The monoisotopic (exact) mass is 291 g/mol. The van der Waals surface area contributed by atoms with Crippen LogP contribution in [0, 0.1) is 0 Å². The molecule has 1 aliphatic heterocycles. The Balaban J connectivity index is 2.11. The molecule has 1 unspecified atom stereocenters. The third-order valence-corrected chi connectivity index (χ3v) is 2.79. The van der Waals surface area contributed by atoms with Crippen LogP contribution in [0.3, 0.4) is 0 Å². The van der Waals surface area contributed by atoms with Gasteiger partial charge in [-0.15, -0.1) is 11.6 Å². The van der Waals surface area contributed by atoms with E-state index in [2.05, 4.69) is 25.9 Å². The molecule has 0 radical (unpaired) electrons. The average Bonchev–Trinajstić information content (AvgIpc) is 2.44. The fourth-order valence-electron chi connectivity index (χ4n) is 1.42. The van der Waals surface area contributed by atoms with Crippen LogP contribution >= 0.6 is 27.5 Å². The van der Waals surface area contributed by atoms with Crippen LogP contribution in [0.15, 0.2) is 16.9 Å². The zero-order valence-electron chi connectivity index (χ0n) is 8.07. The van der Waals surface area contributed by atoms with E-state index in [0.29, 0.717) is 19.2 Å². The van der Waals surface area contributed by atoms with E-state index in [0.717, 1.165) is 17.6 Å². The van der Waals surface area contributed by atoms with Crippen molar-refractivity contribution in [2.45, 2.75) is 5.38 Å². The van der Waals surface area contributed by atoms with Crippen LogP contribution in [-0.4, -0.2) is 41.6 Å². The summed E-state index contributed by atoms with van der Waals surface area (Å²) in [4.78, 5) is 10.5. The summed E-state index contributed by atoms with van der Waals surface area (Å²) in [5, 5.41) is -0.000234. The molecule has 2 heterocycles. The van der Waals surface area contributed by atoms with Gasteiger partial charge in [-0.3, -0.25) is 0 Å². The number of ether oxygens (including phenoxy) is 1. The van der Waals surface area contributed by atoms with Crippen molar-refractivity contribution in [2.24, 2.45) is 0 Å². The first-order chi connectivity index (χ1) is 7.25. The second-order valence-electron chi connectivity index (χ2n) is 3.32. The highest BCUT2D eigenvalue weighted by molar-refractivity contribution is 9.10. The molecule has 82 valence electrons. The summed E-state index contributed by atoms with van der Waals surface area (Å²) in [6.07, 6.45) is 3.47. The highest BCUT2D eigenvalue weighted by Gasteiger charge is 2.18. The largest absolute Gasteiger partial charge is 0.378 e. The average molecular weight is 293 g/mol. The summed E-state index contributed by atoms with van der Waals surface area (Å²) < 4.78 is 6.22. The van der Waals surface area contributed by atoms with Gasteiger partial charge in [-0.05, 0) is 15.9 Å². The van der Waals surface area contributed by atoms with Gasteiger partial charge in [0.1, 0.15) is 0 Å². The Kier molecular flexibility index (Phi) is 3.77. The van der Waals surface area contributed by atoms with Crippen LogP contribution in [0.25, 0.3) is 0 Å². The molecular weight excluding hydrogens is 281 g/mol. The molecule has 0 aliphatic carbocycles. The second-order valence-corrected chi connectivity index (χ2v) is 4.85. The van der Waals surface area contributed by atoms with Crippen LogP contribution in [0.1, 0.15) is 0 Å². The van der Waals surface area contributed by atoms with E-state index in [9.17, 15) is 0 Å². The van der Waals surface area contributed by atoms with Crippen LogP contribution < -0.4 is 4.90 Å². The van der Waals surface area contributed by atoms with E-state index in [1.807, 2.05) is 4.90 Å². The fraction of sp³-hybridized carbons (Fsp3) is 0.556. The molecule has 0 aromatic carbocycles. The SMILES string of the molecule is ClC1COCCN(c2ncc(Br)cn2)C1. The van der Waals surface area contributed by atoms with E-state index in [-0.39, 0.29) is 5.38 Å². The summed E-state index contributed by atoms with van der Waals surface area (Å²) in [6, 6.07) is 0. The summed E-state index contributed by atoms with van der Waals surface area (Å²) in [6.45, 7) is 2.77. The quantitative estimate of drug-likeness (QED) is 0.738. The Morgan fingerprint density at radius 1 is 1.47 bits per heavy atom. The van der Waals surface area contributed by atoms with E-state index >= 15 is 0 Å². The molecule has 0 bridgehead atoms. The standard InChI is InChI=1S/C9H11BrClN3O/c10-7-3-12-9(13-4-7)14-1-2-15-6-8(11)5-14/h3-4,8H,1-2,5-6H2. The lowest BCUT2D eigenvalue weighted by Gasteiger charge is -2.20. The number of hydrogen-bond acceptors (Lipinski definition) is 4. The third-order valence-electron chi connectivity index (χ3n) is 2.11. The molecule has 1 aromatic heterocycles. The topological polar surface area (TPSA) is 38.2 Å². The van der Waals surface area contributed by atoms with Gasteiger partial charge >= 0.3 is 0 Å². The normalized spacial score (nSPS) is 22.5. The molecule has 1 saturated heterocycles. The molecule has 0 N–H and O–H groups in total. The predicted octanol–water partition coefficient (Wildman–Crippen LogP) is 1.68. The molecule has 1 atom stereocenters. The number of anilines is 1. The van der Waals surface area contributed by atoms with Crippen molar-refractivity contribution in [3.8, 4) is 0 Å². The Bertz CT molecular complexity index is 322. The van der Waals surface area contributed by atoms with Crippen molar-refractivity contribution >= 4 is 33.5 Å². The molecular formula is C9H11BrClN3O. The Morgan fingerprint density at radius 2 is 2.20 bits per heavy atom. The van der Waals surface area contributed by atoms with E-state index in [4.69, 9.17) is 16.3 Å². The maximum Gasteiger partial charge on any atom is 0.225 e. The molecule has 0 amide bonds. The maximum absolute atomic E-state index is 6.07. The molecule has 0 spiro atoms. The van der Waals surface area contributed by atoms with E-state index in [1.165, 1.54) is 0 Å². The summed E-state index contributed by atoms with van der Waals surface area (Å²) in [5.74, 6) is 0.703. The molecule has 0 saturated carbocycles. The highest BCUT2D eigenvalue weighted by atomic mass is 79.9. The number of aromatic nitrogens is 2. The minimum absolute atomic E-state index is 0.000234. The molecule has 1 aliphatic rings. The van der Waals surface area contributed by atoms with Crippen LogP contribution in [0.4, 0.5) is 5.95 Å². The van der Waals surface area contributed by atoms with Gasteiger partial charge in [0.25, 0.3) is 0 Å². The van der Waals surface area contributed by atoms with Crippen molar-refractivity contribution in [3.05, 3.63) is 16.9 Å². The Morgan fingerprint density at radius 3 is 2.93 bits per heavy atom. The molecule has 6 heteroatoms. The van der Waals surface area contributed by atoms with Crippen molar-refractivity contribution in [1.82, 2.24) is 9.97 Å². The van der Waals surface area contributed by atoms with Gasteiger partial charge in [0.05, 0.1) is 23.1 Å². The first-order valence-corrected chi connectivity index (χ1v) is 5.93. The van der Waals surface area contributed by atoms with Gasteiger partial charge in [-0.25, -0.2) is 9.97 Å². The van der Waals surface area contributed by atoms with Gasteiger partial charge in [0.2, 0.25) is 5.95 Å². The molecule has 1 fully saturated rings. The Labute approximate surface area is 102 Å². The molecule has 1 aromatic rings. The summed E-state index contributed by atoms with van der Waals surface area (Å²) in [5.41, 5.74) is 0. The highest BCUT2D eigenvalue weighted by Crippen LogP contribution is 2.14. The van der Waals surface area contributed by atoms with Crippen LogP contribution in [0.2, 0.25) is 0 Å². The lowest BCUT2D eigenvalue weighted by atomic mass is 10.4. The molecule has 4 nitrogen and oxygen atoms in total. The van der Waals surface area contributed by atoms with Gasteiger partial charge in [-0.1, -0.05) is 0 Å². The number of halogens is 2. The van der Waals surface area contributed by atoms with Gasteiger partial charge in [0, 0.05) is 25.5 Å². The lowest BCUT2D eigenvalue weighted by molar-refractivity contribution is 0.154. The smallest absolute Gasteiger partial charge is 0.225 e. The second kappa shape index (κ2) is 5.09. The van der Waals surface area contributed by atoms with E-state index < -0.39 is 0 Å². The maximum atomic E-state index is 6.07. The summed E-state index contributed by atoms with van der Waals surface area (Å²) >= 11 is 9.37. The van der Waals surface area contributed by atoms with Crippen molar-refractivity contribution in [3.63, 3.8) is 0 Å². The van der Waals surface area contributed by atoms with Crippen LogP contribution in [0.5, 0.6) is 0 Å². The number of rotatable bonds is 1. The zero-order chi connectivity index (χ0) is 10.7. The van der Waals surface area contributed by atoms with Gasteiger partial charge in [-0.2, -0.15) is 0 Å². The first kappa shape index (κ1) is 11.1. The predicted molar refractivity (Wildman–Crippen MR) is 62.4 cm³/mol. The van der Waals surface area contributed by atoms with Crippen molar-refractivity contribution in [2.75, 3.05) is 31.2 Å². The molecule has 15 heavy (non-hydrogen) atoms. The van der Waals surface area contributed by atoms with Gasteiger partial charge < -0.3 is 9.64 Å². The Hall–Kier alpha value is -0.390. The van der Waals surface area contributed by atoms with E-state index in [1.54, 1.807) is 12.4 Å². The lowest BCUT2D eigenvalue weighted by Crippen LogP contribution is -2.31. The van der Waals surface area contributed by atoms with Crippen LogP contribution in [-0.2, 0) is 4.74 Å². The van der Waals surface area contributed by atoms with Crippen molar-refractivity contribution in [1.29, 1.82) is 0 Å². The van der Waals surface area contributed by atoms with Crippen molar-refractivity contribution < 1.29 is 4.74 Å². The number of hydrogen-bond donors (Lipinski definition) is 0. The third kappa shape index (κ3) is 3.03. The number of nitrogens with zero attached hydrogens (tertiary/aromatic N) is 3. The summed E-state index contributed by atoms with van der Waals surface area (Å²) in [7, 11) is 0. The minimum atomic E-state index is -0.000234. The number of alkyl halides is 1. The zero-order valence-corrected chi connectivity index (χ0v) is 10.4.